The smallest absolute Gasteiger partial charge is 0.310 e. The molecule has 154 valence electrons. The number of aromatic nitrogens is 4. The first-order valence-electron chi connectivity index (χ1n) is 9.75. The fourth-order valence-corrected chi connectivity index (χ4v) is 3.62. The molecule has 1 aromatic carbocycles. The molecule has 0 aliphatic carbocycles. The molecule has 2 heterocycles. The van der Waals surface area contributed by atoms with Gasteiger partial charge < -0.3 is 4.74 Å². The Balaban J connectivity index is 1.69. The van der Waals surface area contributed by atoms with Gasteiger partial charge in [0.2, 0.25) is 0 Å². The molecule has 0 amide bonds. The van der Waals surface area contributed by atoms with Gasteiger partial charge in [0.25, 0.3) is 0 Å². The van der Waals surface area contributed by atoms with E-state index in [-0.39, 0.29) is 19.0 Å². The van der Waals surface area contributed by atoms with Gasteiger partial charge in [-0.25, -0.2) is 4.68 Å². The molecule has 7 heteroatoms. The van der Waals surface area contributed by atoms with Crippen LogP contribution in [0.5, 0.6) is 0 Å². The first-order valence-corrected chi connectivity index (χ1v) is 10.1. The largest absolute Gasteiger partial charge is 0.460 e. The lowest BCUT2D eigenvalue weighted by Gasteiger charge is -2.08. The monoisotopic (exact) mass is 414 g/mol. The van der Waals surface area contributed by atoms with E-state index in [1.54, 1.807) is 4.68 Å². The molecular formula is C22H27ClN4O2. The maximum atomic E-state index is 12.5. The van der Waals surface area contributed by atoms with E-state index in [1.807, 2.05) is 55.8 Å². The van der Waals surface area contributed by atoms with Crippen molar-refractivity contribution >= 4 is 17.6 Å². The second-order valence-electron chi connectivity index (χ2n) is 7.66. The summed E-state index contributed by atoms with van der Waals surface area (Å²) in [5.41, 5.74) is 5.13. The van der Waals surface area contributed by atoms with Crippen LogP contribution >= 0.6 is 11.6 Å². The van der Waals surface area contributed by atoms with Crippen molar-refractivity contribution < 1.29 is 9.53 Å². The number of benzene rings is 1. The second kappa shape index (κ2) is 8.82. The van der Waals surface area contributed by atoms with Gasteiger partial charge in [-0.3, -0.25) is 9.48 Å². The van der Waals surface area contributed by atoms with Crippen LogP contribution < -0.4 is 0 Å². The molecule has 29 heavy (non-hydrogen) atoms. The predicted octanol–water partition coefficient (Wildman–Crippen LogP) is 4.59. The summed E-state index contributed by atoms with van der Waals surface area (Å²) in [6.07, 6.45) is 0.194. The molecule has 0 fully saturated rings. The molecule has 0 N–H and O–H groups in total. The summed E-state index contributed by atoms with van der Waals surface area (Å²) in [6, 6.07) is 9.63. The summed E-state index contributed by atoms with van der Waals surface area (Å²) in [5.74, 6) is 0.183. The van der Waals surface area contributed by atoms with E-state index >= 15 is 0 Å². The van der Waals surface area contributed by atoms with Crippen LogP contribution in [0.15, 0.2) is 30.3 Å². The van der Waals surface area contributed by atoms with E-state index in [0.717, 1.165) is 34.9 Å². The summed E-state index contributed by atoms with van der Waals surface area (Å²) >= 11 is 6.51. The summed E-state index contributed by atoms with van der Waals surface area (Å²) < 4.78 is 9.15. The molecule has 0 radical (unpaired) electrons. The first kappa shape index (κ1) is 21.1. The quantitative estimate of drug-likeness (QED) is 0.530. The van der Waals surface area contributed by atoms with Crippen LogP contribution in [0.1, 0.15) is 42.1 Å². The average Bonchev–Trinajstić information content (AvgIpc) is 3.10. The number of halogens is 1. The number of carbonyl (C=O) groups excluding carboxylic acids is 1. The molecule has 0 saturated carbocycles. The summed E-state index contributed by atoms with van der Waals surface area (Å²) in [4.78, 5) is 12.5. The van der Waals surface area contributed by atoms with Crippen molar-refractivity contribution in [3.63, 3.8) is 0 Å². The third-order valence-corrected chi connectivity index (χ3v) is 5.28. The molecule has 3 rings (SSSR count). The summed E-state index contributed by atoms with van der Waals surface area (Å²) in [7, 11) is 0. The number of ether oxygens (including phenoxy) is 1. The highest BCUT2D eigenvalue weighted by Gasteiger charge is 2.19. The Morgan fingerprint density at radius 3 is 2.38 bits per heavy atom. The minimum absolute atomic E-state index is 0.0918. The molecule has 6 nitrogen and oxygen atoms in total. The number of aryl methyl sites for hydroxylation is 2. The van der Waals surface area contributed by atoms with Crippen molar-refractivity contribution in [1.82, 2.24) is 19.6 Å². The predicted molar refractivity (Wildman–Crippen MR) is 113 cm³/mol. The van der Waals surface area contributed by atoms with E-state index in [4.69, 9.17) is 16.3 Å². The zero-order valence-electron chi connectivity index (χ0n) is 17.6. The van der Waals surface area contributed by atoms with Crippen molar-refractivity contribution in [2.24, 2.45) is 5.92 Å². The van der Waals surface area contributed by atoms with Gasteiger partial charge >= 0.3 is 5.97 Å². The van der Waals surface area contributed by atoms with Crippen LogP contribution in [0.2, 0.25) is 5.15 Å². The SMILES string of the molecule is Cc1nn(CC(C)C)c(C)c1CC(=O)OCc1c(C)nn(-c2ccccc2)c1Cl. The third kappa shape index (κ3) is 4.70. The second-order valence-corrected chi connectivity index (χ2v) is 8.02. The molecule has 2 aromatic heterocycles. The molecule has 0 spiro atoms. The van der Waals surface area contributed by atoms with Gasteiger partial charge in [0.15, 0.2) is 0 Å². The molecule has 0 unspecified atom stereocenters. The van der Waals surface area contributed by atoms with Crippen LogP contribution in [0.25, 0.3) is 5.69 Å². The Morgan fingerprint density at radius 1 is 1.07 bits per heavy atom. The molecule has 0 atom stereocenters. The normalized spacial score (nSPS) is 11.3. The molecule has 0 aliphatic heterocycles. The number of hydrogen-bond donors (Lipinski definition) is 0. The van der Waals surface area contributed by atoms with Crippen LogP contribution in [-0.4, -0.2) is 25.5 Å². The van der Waals surface area contributed by atoms with Crippen LogP contribution in [0.4, 0.5) is 0 Å². The van der Waals surface area contributed by atoms with E-state index < -0.39 is 0 Å². The first-order chi connectivity index (χ1) is 13.8. The number of hydrogen-bond acceptors (Lipinski definition) is 4. The Bertz CT molecular complexity index is 1010. The van der Waals surface area contributed by atoms with Gasteiger partial charge in [-0.05, 0) is 38.8 Å². The Morgan fingerprint density at radius 2 is 1.72 bits per heavy atom. The van der Waals surface area contributed by atoms with Crippen LogP contribution in [0.3, 0.4) is 0 Å². The summed E-state index contributed by atoms with van der Waals surface area (Å²) in [6.45, 7) is 11.0. The molecule has 0 aliphatic rings. The molecule has 0 saturated heterocycles. The Hall–Kier alpha value is -2.60. The Labute approximate surface area is 176 Å². The van der Waals surface area contributed by atoms with Gasteiger partial charge in [0, 0.05) is 23.4 Å². The highest BCUT2D eigenvalue weighted by atomic mass is 35.5. The van der Waals surface area contributed by atoms with Crippen molar-refractivity contribution in [1.29, 1.82) is 0 Å². The number of carbonyl (C=O) groups is 1. The van der Waals surface area contributed by atoms with Crippen molar-refractivity contribution in [2.45, 2.75) is 54.2 Å². The number of nitrogens with zero attached hydrogens (tertiary/aromatic N) is 4. The van der Waals surface area contributed by atoms with Gasteiger partial charge in [0.05, 0.1) is 23.5 Å². The van der Waals surface area contributed by atoms with Crippen LogP contribution in [0, 0.1) is 26.7 Å². The van der Waals surface area contributed by atoms with Gasteiger partial charge in [-0.1, -0.05) is 43.6 Å². The highest BCUT2D eigenvalue weighted by molar-refractivity contribution is 6.30. The van der Waals surface area contributed by atoms with E-state index in [0.29, 0.717) is 16.6 Å². The lowest BCUT2D eigenvalue weighted by molar-refractivity contribution is -0.144. The number of para-hydroxylation sites is 1. The average molecular weight is 415 g/mol. The zero-order valence-corrected chi connectivity index (χ0v) is 18.3. The zero-order chi connectivity index (χ0) is 21.1. The molecule has 3 aromatic rings. The fourth-order valence-electron chi connectivity index (χ4n) is 3.30. The van der Waals surface area contributed by atoms with E-state index in [9.17, 15) is 4.79 Å². The number of esters is 1. The topological polar surface area (TPSA) is 61.9 Å². The van der Waals surface area contributed by atoms with E-state index in [1.165, 1.54) is 0 Å². The molecular weight excluding hydrogens is 388 g/mol. The summed E-state index contributed by atoms with van der Waals surface area (Å²) in [5, 5.41) is 9.50. The van der Waals surface area contributed by atoms with Crippen molar-refractivity contribution in [3.05, 3.63) is 63.7 Å². The third-order valence-electron chi connectivity index (χ3n) is 4.89. The van der Waals surface area contributed by atoms with Crippen molar-refractivity contribution in [2.75, 3.05) is 0 Å². The maximum Gasteiger partial charge on any atom is 0.310 e. The lowest BCUT2D eigenvalue weighted by Crippen LogP contribution is -2.11. The Kier molecular flexibility index (Phi) is 6.42. The van der Waals surface area contributed by atoms with Gasteiger partial charge in [0.1, 0.15) is 11.8 Å². The molecule has 0 bridgehead atoms. The lowest BCUT2D eigenvalue weighted by atomic mass is 10.1. The number of rotatable bonds is 7. The van der Waals surface area contributed by atoms with Gasteiger partial charge in [-0.2, -0.15) is 10.2 Å². The van der Waals surface area contributed by atoms with Gasteiger partial charge in [-0.15, -0.1) is 0 Å². The minimum atomic E-state index is -0.303. The minimum Gasteiger partial charge on any atom is -0.460 e. The van der Waals surface area contributed by atoms with Crippen molar-refractivity contribution in [3.8, 4) is 5.69 Å². The maximum absolute atomic E-state index is 12.5. The standard InChI is InChI=1S/C22H27ClN4O2/c1-14(2)12-26-17(5)19(15(3)24-26)11-21(28)29-13-20-16(4)25-27(22(20)23)18-9-7-6-8-10-18/h6-10,14H,11-13H2,1-5H3. The van der Waals surface area contributed by atoms with Crippen LogP contribution in [-0.2, 0) is 29.1 Å². The fraction of sp³-hybridized carbons (Fsp3) is 0.409. The van der Waals surface area contributed by atoms with E-state index in [2.05, 4.69) is 24.0 Å². The highest BCUT2D eigenvalue weighted by Crippen LogP contribution is 2.24.